The number of urea groups is 1. The quantitative estimate of drug-likeness (QED) is 0.232. The van der Waals surface area contributed by atoms with Crippen molar-refractivity contribution in [3.05, 3.63) is 60.7 Å². The molecule has 11 nitrogen and oxygen atoms in total. The maximum absolute atomic E-state index is 13.3. The number of nitrogens with zero attached hydrogens (tertiary/aromatic N) is 1. The van der Waals surface area contributed by atoms with Crippen LogP contribution in [-0.2, 0) is 19.6 Å². The number of hydrazine groups is 1. The fourth-order valence-electron chi connectivity index (χ4n) is 3.45. The van der Waals surface area contributed by atoms with E-state index in [2.05, 4.69) is 16.1 Å². The van der Waals surface area contributed by atoms with Crippen LogP contribution in [0.15, 0.2) is 60.7 Å². The van der Waals surface area contributed by atoms with E-state index in [9.17, 15) is 28.0 Å². The van der Waals surface area contributed by atoms with Crippen molar-refractivity contribution >= 4 is 39.2 Å². The summed E-state index contributed by atoms with van der Waals surface area (Å²) in [6, 6.07) is 15.9. The van der Waals surface area contributed by atoms with Gasteiger partial charge in [-0.1, -0.05) is 50.2 Å². The van der Waals surface area contributed by atoms with Crippen molar-refractivity contribution in [3.63, 3.8) is 0 Å². The van der Waals surface area contributed by atoms with Gasteiger partial charge in [-0.25, -0.2) is 18.7 Å². The molecule has 0 aromatic heterocycles. The second kappa shape index (κ2) is 12.7. The van der Waals surface area contributed by atoms with Gasteiger partial charge < -0.3 is 10.6 Å². The molecule has 2 atom stereocenters. The summed E-state index contributed by atoms with van der Waals surface area (Å²) in [5.74, 6) is -3.99. The minimum absolute atomic E-state index is 0.0682. The van der Waals surface area contributed by atoms with Gasteiger partial charge in [-0.2, -0.15) is 4.41 Å². The van der Waals surface area contributed by atoms with Gasteiger partial charge in [0.2, 0.25) is 21.8 Å². The highest BCUT2D eigenvalue weighted by atomic mass is 32.2. The van der Waals surface area contributed by atoms with Gasteiger partial charge in [0.1, 0.15) is 0 Å². The monoisotopic (exact) mass is 505 g/mol. The minimum Gasteiger partial charge on any atom is -0.337 e. The number of anilines is 2. The van der Waals surface area contributed by atoms with Crippen LogP contribution in [0.2, 0.25) is 0 Å². The Morgan fingerprint density at radius 2 is 1.49 bits per heavy atom. The van der Waals surface area contributed by atoms with Crippen LogP contribution in [0.1, 0.15) is 20.3 Å². The number of carbonyl (C=O) groups is 3. The van der Waals surface area contributed by atoms with E-state index in [4.69, 9.17) is 0 Å². The molecular weight excluding hydrogens is 474 g/mol. The summed E-state index contributed by atoms with van der Waals surface area (Å²) in [6.07, 6.45) is 1.11. The number of carbonyl (C=O) groups excluding carboxylic acids is 3. The van der Waals surface area contributed by atoms with Gasteiger partial charge in [0.15, 0.2) is 0 Å². The molecule has 0 spiro atoms. The molecule has 0 aliphatic carbocycles. The molecule has 0 saturated heterocycles. The normalized spacial score (nSPS) is 12.8. The average molecular weight is 506 g/mol. The molecular formula is C23H31N5O6S. The maximum Gasteiger partial charge on any atom is 0.319 e. The summed E-state index contributed by atoms with van der Waals surface area (Å²) in [5, 5.41) is 14.4. The number of rotatable bonds is 11. The third-order valence-electron chi connectivity index (χ3n) is 5.04. The Labute approximate surface area is 204 Å². The molecule has 0 heterocycles. The Morgan fingerprint density at radius 1 is 0.914 bits per heavy atom. The summed E-state index contributed by atoms with van der Waals surface area (Å²) in [7, 11) is -3.92. The van der Waals surface area contributed by atoms with Gasteiger partial charge in [-0.05, 0) is 36.6 Å². The highest BCUT2D eigenvalue weighted by molar-refractivity contribution is 7.92. The topological polar surface area (TPSA) is 157 Å². The van der Waals surface area contributed by atoms with Crippen molar-refractivity contribution in [3.8, 4) is 0 Å². The SMILES string of the molecule is CC(C)C[C@@H](C(=O)NN(c1ccccc1)S(C)(=O)=O)[C@H](CNC(=O)Nc1ccccc1)C(=O)NO. The number of hydrogen-bond acceptors (Lipinski definition) is 6. The first-order valence-electron chi connectivity index (χ1n) is 10.9. The number of benzene rings is 2. The molecule has 12 heteroatoms. The number of para-hydroxylation sites is 2. The minimum atomic E-state index is -3.92. The van der Waals surface area contributed by atoms with Gasteiger partial charge in [0.25, 0.3) is 0 Å². The molecule has 0 fully saturated rings. The Morgan fingerprint density at radius 3 is 2.00 bits per heavy atom. The van der Waals surface area contributed by atoms with Crippen LogP contribution in [-0.4, -0.2) is 44.3 Å². The maximum atomic E-state index is 13.3. The summed E-state index contributed by atoms with van der Waals surface area (Å²) in [5.41, 5.74) is 4.65. The molecule has 0 radical (unpaired) electrons. The Kier molecular flexibility index (Phi) is 10.0. The van der Waals surface area contributed by atoms with Crippen molar-refractivity contribution in [1.82, 2.24) is 16.2 Å². The first-order valence-corrected chi connectivity index (χ1v) is 12.8. The van der Waals surface area contributed by atoms with Gasteiger partial charge in [0.05, 0.1) is 23.8 Å². The van der Waals surface area contributed by atoms with Crippen molar-refractivity contribution < 1.29 is 28.0 Å². The lowest BCUT2D eigenvalue weighted by Crippen LogP contribution is -2.53. The Hall–Kier alpha value is -3.64. The zero-order chi connectivity index (χ0) is 26.0. The van der Waals surface area contributed by atoms with Gasteiger partial charge in [-0.3, -0.25) is 20.2 Å². The predicted molar refractivity (Wildman–Crippen MR) is 132 cm³/mol. The van der Waals surface area contributed by atoms with Crippen molar-refractivity contribution in [2.45, 2.75) is 20.3 Å². The van der Waals surface area contributed by atoms with E-state index in [0.717, 1.165) is 10.7 Å². The molecule has 2 aromatic rings. The first kappa shape index (κ1) is 27.6. The highest BCUT2D eigenvalue weighted by Gasteiger charge is 2.36. The van der Waals surface area contributed by atoms with Crippen molar-refractivity contribution in [2.24, 2.45) is 17.8 Å². The third kappa shape index (κ3) is 8.58. The highest BCUT2D eigenvalue weighted by Crippen LogP contribution is 2.23. The first-order chi connectivity index (χ1) is 16.5. The molecule has 190 valence electrons. The lowest BCUT2D eigenvalue weighted by molar-refractivity contribution is -0.140. The molecule has 0 unspecified atom stereocenters. The van der Waals surface area contributed by atoms with E-state index in [1.165, 1.54) is 17.6 Å². The number of sulfonamides is 1. The van der Waals surface area contributed by atoms with E-state index < -0.39 is 39.7 Å². The van der Waals surface area contributed by atoms with Crippen LogP contribution >= 0.6 is 0 Å². The molecule has 2 aromatic carbocycles. The van der Waals surface area contributed by atoms with Gasteiger partial charge >= 0.3 is 6.03 Å². The molecule has 0 aliphatic rings. The summed E-state index contributed by atoms with van der Waals surface area (Å²) in [4.78, 5) is 38.1. The fraction of sp³-hybridized carbons (Fsp3) is 0.348. The van der Waals surface area contributed by atoms with E-state index in [0.29, 0.717) is 5.69 Å². The molecule has 4 amide bonds. The lowest BCUT2D eigenvalue weighted by Gasteiger charge is -2.30. The Balaban J connectivity index is 2.25. The Bertz CT molecular complexity index is 1100. The number of hydroxylamine groups is 1. The van der Waals surface area contributed by atoms with E-state index in [-0.39, 0.29) is 24.6 Å². The standard InChI is InChI=1S/C23H31N5O6S/c1-16(2)14-19(21(29)26-28(35(3,33)34)18-12-8-5-9-13-18)20(22(30)27-32)15-24-23(31)25-17-10-6-4-7-11-17/h4-13,16,19-20,32H,14-15H2,1-3H3,(H,26,29)(H,27,30)(H2,24,25,31)/t19-,20+/m1/s1. The fourth-order valence-corrected chi connectivity index (χ4v) is 4.21. The van der Waals surface area contributed by atoms with Crippen molar-refractivity contribution in [1.29, 1.82) is 0 Å². The number of nitrogens with one attached hydrogen (secondary N) is 4. The van der Waals surface area contributed by atoms with E-state index >= 15 is 0 Å². The average Bonchev–Trinajstić information content (AvgIpc) is 2.81. The summed E-state index contributed by atoms with van der Waals surface area (Å²) < 4.78 is 25.5. The van der Waals surface area contributed by atoms with Crippen LogP contribution < -0.4 is 26.0 Å². The van der Waals surface area contributed by atoms with Crippen LogP contribution in [0, 0.1) is 17.8 Å². The third-order valence-corrected chi connectivity index (χ3v) is 6.01. The van der Waals surface area contributed by atoms with Crippen LogP contribution in [0.5, 0.6) is 0 Å². The van der Waals surface area contributed by atoms with Crippen LogP contribution in [0.4, 0.5) is 16.2 Å². The summed E-state index contributed by atoms with van der Waals surface area (Å²) in [6.45, 7) is 3.37. The zero-order valence-corrected chi connectivity index (χ0v) is 20.6. The second-order valence-electron chi connectivity index (χ2n) is 8.36. The molecule has 0 bridgehead atoms. The van der Waals surface area contributed by atoms with Gasteiger partial charge in [0, 0.05) is 12.2 Å². The smallest absolute Gasteiger partial charge is 0.319 e. The van der Waals surface area contributed by atoms with E-state index in [1.807, 2.05) is 13.8 Å². The van der Waals surface area contributed by atoms with Crippen molar-refractivity contribution in [2.75, 3.05) is 22.5 Å². The number of hydrogen-bond donors (Lipinski definition) is 5. The van der Waals surface area contributed by atoms with Crippen LogP contribution in [0.25, 0.3) is 0 Å². The summed E-state index contributed by atoms with van der Waals surface area (Å²) >= 11 is 0. The van der Waals surface area contributed by atoms with Crippen LogP contribution in [0.3, 0.4) is 0 Å². The molecule has 5 N–H and O–H groups in total. The lowest BCUT2D eigenvalue weighted by atomic mass is 9.84. The largest absolute Gasteiger partial charge is 0.337 e. The molecule has 0 aliphatic heterocycles. The molecule has 0 saturated carbocycles. The predicted octanol–water partition coefficient (Wildman–Crippen LogP) is 2.09. The molecule has 35 heavy (non-hydrogen) atoms. The van der Waals surface area contributed by atoms with E-state index in [1.54, 1.807) is 48.5 Å². The molecule has 2 rings (SSSR count). The van der Waals surface area contributed by atoms with Gasteiger partial charge in [-0.15, -0.1) is 0 Å². The number of amides is 4. The second-order valence-corrected chi connectivity index (χ2v) is 10.2. The zero-order valence-electron chi connectivity index (χ0n) is 19.8.